The number of rotatable bonds is 6. The summed E-state index contributed by atoms with van der Waals surface area (Å²) >= 11 is 6.04. The van der Waals surface area contributed by atoms with Crippen LogP contribution in [0.3, 0.4) is 0 Å². The van der Waals surface area contributed by atoms with Gasteiger partial charge in [0, 0.05) is 17.1 Å². The average molecular weight is 391 g/mol. The van der Waals surface area contributed by atoms with Crippen molar-refractivity contribution in [2.45, 2.75) is 76.7 Å². The molecule has 150 valence electrons. The molecule has 0 unspecified atom stereocenters. The van der Waals surface area contributed by atoms with Gasteiger partial charge in [0.05, 0.1) is 5.92 Å². The smallest absolute Gasteiger partial charge is 0.227 e. The Kier molecular flexibility index (Phi) is 7.22. The largest absolute Gasteiger partial charge is 0.354 e. The fourth-order valence-electron chi connectivity index (χ4n) is 5.05. The monoisotopic (exact) mass is 390 g/mol. The molecular formula is C23H35ClN2O. The van der Waals surface area contributed by atoms with Crippen molar-refractivity contribution in [3.63, 3.8) is 0 Å². The minimum absolute atomic E-state index is 0.121. The molecule has 1 N–H and O–H groups in total. The van der Waals surface area contributed by atoms with Crippen LogP contribution in [0.5, 0.6) is 0 Å². The van der Waals surface area contributed by atoms with Crippen LogP contribution in [0.1, 0.15) is 76.7 Å². The fraction of sp³-hybridized carbons (Fsp3) is 0.696. The first-order valence-electron chi connectivity index (χ1n) is 10.8. The van der Waals surface area contributed by atoms with Crippen LogP contribution in [-0.2, 0) is 4.79 Å². The van der Waals surface area contributed by atoms with Gasteiger partial charge in [0.2, 0.25) is 5.91 Å². The molecular weight excluding hydrogens is 356 g/mol. The summed E-state index contributed by atoms with van der Waals surface area (Å²) in [6.07, 6.45) is 10.3. The van der Waals surface area contributed by atoms with E-state index in [4.69, 9.17) is 11.6 Å². The number of piperidine rings is 1. The fourth-order valence-corrected chi connectivity index (χ4v) is 5.18. The maximum Gasteiger partial charge on any atom is 0.227 e. The summed E-state index contributed by atoms with van der Waals surface area (Å²) in [5.41, 5.74) is 1.23. The third-order valence-electron chi connectivity index (χ3n) is 6.58. The molecule has 1 aromatic carbocycles. The molecule has 1 saturated heterocycles. The molecule has 1 aromatic rings. The molecule has 4 heteroatoms. The van der Waals surface area contributed by atoms with Gasteiger partial charge in [-0.05, 0) is 62.4 Å². The van der Waals surface area contributed by atoms with Gasteiger partial charge in [0.25, 0.3) is 0 Å². The summed E-state index contributed by atoms with van der Waals surface area (Å²) in [7, 11) is 0. The Labute approximate surface area is 169 Å². The topological polar surface area (TPSA) is 32.3 Å². The molecule has 1 atom stereocenters. The highest BCUT2D eigenvalue weighted by Crippen LogP contribution is 2.35. The molecule has 27 heavy (non-hydrogen) atoms. The van der Waals surface area contributed by atoms with Crippen molar-refractivity contribution in [3.05, 3.63) is 34.9 Å². The lowest BCUT2D eigenvalue weighted by Gasteiger charge is -2.48. The Morgan fingerprint density at radius 1 is 1.04 bits per heavy atom. The van der Waals surface area contributed by atoms with Crippen LogP contribution in [-0.4, -0.2) is 36.0 Å². The van der Waals surface area contributed by atoms with Crippen molar-refractivity contribution in [2.75, 3.05) is 19.6 Å². The van der Waals surface area contributed by atoms with Crippen molar-refractivity contribution in [2.24, 2.45) is 5.92 Å². The highest BCUT2D eigenvalue weighted by molar-refractivity contribution is 6.30. The summed E-state index contributed by atoms with van der Waals surface area (Å²) in [5.74, 6) is 0.294. The second-order valence-corrected chi connectivity index (χ2v) is 9.26. The maximum absolute atomic E-state index is 13.2. The Morgan fingerprint density at radius 2 is 1.63 bits per heavy atom. The van der Waals surface area contributed by atoms with Crippen LogP contribution in [0, 0.1) is 5.92 Å². The Morgan fingerprint density at radius 3 is 2.22 bits per heavy atom. The van der Waals surface area contributed by atoms with Crippen LogP contribution in [0.25, 0.3) is 0 Å². The summed E-state index contributed by atoms with van der Waals surface area (Å²) in [4.78, 5) is 15.9. The third-order valence-corrected chi connectivity index (χ3v) is 6.83. The average Bonchev–Trinajstić information content (AvgIpc) is 2.69. The number of nitrogens with zero attached hydrogens (tertiary/aromatic N) is 1. The molecule has 0 spiro atoms. The van der Waals surface area contributed by atoms with Crippen LogP contribution in [0.4, 0.5) is 0 Å². The van der Waals surface area contributed by atoms with E-state index in [1.54, 1.807) is 0 Å². The quantitative estimate of drug-likeness (QED) is 0.706. The van der Waals surface area contributed by atoms with E-state index in [0.717, 1.165) is 12.1 Å². The van der Waals surface area contributed by atoms with Gasteiger partial charge in [0.15, 0.2) is 0 Å². The molecule has 0 bridgehead atoms. The van der Waals surface area contributed by atoms with Gasteiger partial charge >= 0.3 is 0 Å². The van der Waals surface area contributed by atoms with E-state index in [1.807, 2.05) is 24.3 Å². The number of nitrogens with one attached hydrogen (secondary N) is 1. The van der Waals surface area contributed by atoms with Crippen molar-refractivity contribution >= 4 is 17.5 Å². The molecule has 2 fully saturated rings. The lowest BCUT2D eigenvalue weighted by atomic mass is 9.78. The SMILES string of the molecule is CC(C)[C@@H](C(=O)NCC1(N2CCCCC2)CCCCC1)c1ccc(Cl)cc1. The lowest BCUT2D eigenvalue weighted by molar-refractivity contribution is -0.124. The Balaban J connectivity index is 1.71. The van der Waals surface area contributed by atoms with Crippen LogP contribution in [0.15, 0.2) is 24.3 Å². The Hall–Kier alpha value is -1.06. The number of benzene rings is 1. The van der Waals surface area contributed by atoms with Gasteiger partial charge in [-0.2, -0.15) is 0 Å². The molecule has 2 aliphatic rings. The van der Waals surface area contributed by atoms with E-state index in [-0.39, 0.29) is 23.3 Å². The van der Waals surface area contributed by atoms with E-state index in [9.17, 15) is 4.79 Å². The number of halogens is 1. The summed E-state index contributed by atoms with van der Waals surface area (Å²) in [5, 5.41) is 4.09. The lowest BCUT2D eigenvalue weighted by Crippen LogP contribution is -2.58. The van der Waals surface area contributed by atoms with Crippen LogP contribution < -0.4 is 5.32 Å². The normalized spacial score (nSPS) is 21.8. The second-order valence-electron chi connectivity index (χ2n) is 8.82. The first-order chi connectivity index (χ1) is 13.0. The van der Waals surface area contributed by atoms with E-state index >= 15 is 0 Å². The van der Waals surface area contributed by atoms with E-state index in [0.29, 0.717) is 5.02 Å². The highest BCUT2D eigenvalue weighted by atomic mass is 35.5. The molecule has 0 aromatic heterocycles. The predicted molar refractivity (Wildman–Crippen MR) is 113 cm³/mol. The molecule has 1 heterocycles. The minimum atomic E-state index is -0.121. The zero-order valence-electron chi connectivity index (χ0n) is 17.0. The van der Waals surface area contributed by atoms with Crippen molar-refractivity contribution in [3.8, 4) is 0 Å². The zero-order chi connectivity index (χ0) is 19.3. The van der Waals surface area contributed by atoms with Crippen molar-refractivity contribution < 1.29 is 4.79 Å². The summed E-state index contributed by atoms with van der Waals surface area (Å²) in [6.45, 7) is 7.43. The molecule has 1 aliphatic heterocycles. The summed E-state index contributed by atoms with van der Waals surface area (Å²) in [6, 6.07) is 7.76. The van der Waals surface area contributed by atoms with Gasteiger partial charge in [-0.15, -0.1) is 0 Å². The maximum atomic E-state index is 13.2. The van der Waals surface area contributed by atoms with E-state index in [1.165, 1.54) is 64.5 Å². The van der Waals surface area contributed by atoms with Gasteiger partial charge < -0.3 is 5.32 Å². The van der Waals surface area contributed by atoms with Crippen LogP contribution in [0.2, 0.25) is 5.02 Å². The number of carbonyl (C=O) groups excluding carboxylic acids is 1. The summed E-state index contributed by atoms with van der Waals surface area (Å²) < 4.78 is 0. The van der Waals surface area contributed by atoms with E-state index in [2.05, 4.69) is 24.1 Å². The minimum Gasteiger partial charge on any atom is -0.354 e. The van der Waals surface area contributed by atoms with Gasteiger partial charge in [-0.3, -0.25) is 9.69 Å². The number of carbonyl (C=O) groups is 1. The standard InChI is InChI=1S/C23H35ClN2O/c1-18(2)21(19-9-11-20(24)12-10-19)22(27)25-17-23(13-5-3-6-14-23)26-15-7-4-8-16-26/h9-12,18,21H,3-8,13-17H2,1-2H3,(H,25,27)/t21-/m1/s1. The molecule has 1 amide bonds. The second kappa shape index (κ2) is 9.43. The third kappa shape index (κ3) is 5.06. The van der Waals surface area contributed by atoms with E-state index < -0.39 is 0 Å². The Bertz CT molecular complexity index is 601. The molecule has 3 rings (SSSR count). The van der Waals surface area contributed by atoms with Gasteiger partial charge in [-0.25, -0.2) is 0 Å². The molecule has 1 saturated carbocycles. The molecule has 3 nitrogen and oxygen atoms in total. The van der Waals surface area contributed by atoms with Crippen LogP contribution >= 0.6 is 11.6 Å². The number of hydrogen-bond acceptors (Lipinski definition) is 2. The first kappa shape index (κ1) is 20.7. The first-order valence-corrected chi connectivity index (χ1v) is 11.2. The molecule has 1 aliphatic carbocycles. The number of hydrogen-bond donors (Lipinski definition) is 1. The van der Waals surface area contributed by atoms with Gasteiger partial charge in [-0.1, -0.05) is 63.3 Å². The predicted octanol–water partition coefficient (Wildman–Crippen LogP) is 5.38. The zero-order valence-corrected chi connectivity index (χ0v) is 17.7. The number of likely N-dealkylation sites (tertiary alicyclic amines) is 1. The van der Waals surface area contributed by atoms with Crippen molar-refractivity contribution in [1.82, 2.24) is 10.2 Å². The number of amides is 1. The highest BCUT2D eigenvalue weighted by Gasteiger charge is 2.39. The molecule has 0 radical (unpaired) electrons. The van der Waals surface area contributed by atoms with Crippen molar-refractivity contribution in [1.29, 1.82) is 0 Å². The van der Waals surface area contributed by atoms with Gasteiger partial charge in [0.1, 0.15) is 0 Å².